The molecule has 0 radical (unpaired) electrons. The predicted molar refractivity (Wildman–Crippen MR) is 212 cm³/mol. The fourth-order valence-corrected chi connectivity index (χ4v) is 9.42. The quantitative estimate of drug-likeness (QED) is 0.118. The Morgan fingerprint density at radius 1 is 0.846 bits per heavy atom. The number of hydrogen-bond donors (Lipinski definition) is 1. The maximum Gasteiger partial charge on any atom is 0.397 e. The zero-order valence-electron chi connectivity index (χ0n) is 32.2. The average Bonchev–Trinajstić information content (AvgIpc) is 3.03. The van der Waals surface area contributed by atoms with Gasteiger partial charge in [0.2, 0.25) is 5.79 Å². The minimum atomic E-state index is -4.80. The van der Waals surface area contributed by atoms with Gasteiger partial charge >= 0.3 is 10.4 Å². The molecule has 0 unspecified atom stereocenters. The van der Waals surface area contributed by atoms with Gasteiger partial charge in [0.15, 0.2) is 25.0 Å². The highest BCUT2D eigenvalue weighted by molar-refractivity contribution is 7.80. The molecule has 1 aliphatic heterocycles. The summed E-state index contributed by atoms with van der Waals surface area (Å²) < 4.78 is 77.3. The second kappa shape index (κ2) is 18.6. The summed E-state index contributed by atoms with van der Waals surface area (Å²) in [5, 5.41) is 0.559. The van der Waals surface area contributed by atoms with Gasteiger partial charge in [-0.3, -0.25) is 9.54 Å². The lowest BCUT2D eigenvalue weighted by molar-refractivity contribution is -0.357. The Balaban J connectivity index is 0.00000110. The van der Waals surface area contributed by atoms with Gasteiger partial charge in [0, 0.05) is 30.1 Å². The average molecular weight is 815 g/mol. The molecule has 0 spiro atoms. The zero-order chi connectivity index (χ0) is 39.0. The van der Waals surface area contributed by atoms with Crippen molar-refractivity contribution in [2.45, 2.75) is 102 Å². The number of nitrogens with zero attached hydrogens (tertiary/aromatic N) is 1. The summed E-state index contributed by atoms with van der Waals surface area (Å²) >= 11 is 6.76. The van der Waals surface area contributed by atoms with E-state index in [1.54, 1.807) is 18.5 Å². The van der Waals surface area contributed by atoms with Crippen LogP contribution in [0.1, 0.15) is 23.6 Å². The third-order valence-corrected chi connectivity index (χ3v) is 11.2. The van der Waals surface area contributed by atoms with Crippen LogP contribution in [0.4, 0.5) is 0 Å². The van der Waals surface area contributed by atoms with Crippen LogP contribution in [-0.2, 0) is 49.5 Å². The first-order valence-corrected chi connectivity index (χ1v) is 29.3. The molecule has 0 amide bonds. The predicted octanol–water partition coefficient (Wildman–Crippen LogP) is 8.09. The molecule has 2 heterocycles. The number of hydrogen-bond acceptors (Lipinski definition) is 10. The Labute approximate surface area is 318 Å². The molecule has 2 aromatic carbocycles. The van der Waals surface area contributed by atoms with E-state index in [9.17, 15) is 13.0 Å². The maximum absolute atomic E-state index is 11.8. The van der Waals surface area contributed by atoms with E-state index in [1.165, 1.54) is 7.11 Å². The summed E-state index contributed by atoms with van der Waals surface area (Å²) in [4.78, 5) is 3.78. The van der Waals surface area contributed by atoms with Gasteiger partial charge in [0.1, 0.15) is 30.2 Å². The van der Waals surface area contributed by atoms with Crippen LogP contribution < -0.4 is 4.74 Å². The third kappa shape index (κ3) is 14.0. The lowest BCUT2D eigenvalue weighted by atomic mass is 9.87. The van der Waals surface area contributed by atoms with Gasteiger partial charge < -0.3 is 27.5 Å². The highest BCUT2D eigenvalue weighted by Crippen LogP contribution is 2.46. The van der Waals surface area contributed by atoms with Crippen molar-refractivity contribution in [2.24, 2.45) is 0 Å². The van der Waals surface area contributed by atoms with E-state index in [4.69, 9.17) is 43.3 Å². The molecule has 0 aliphatic carbocycles. The van der Waals surface area contributed by atoms with E-state index in [1.807, 2.05) is 81.2 Å². The van der Waals surface area contributed by atoms with Crippen LogP contribution in [0.25, 0.3) is 0 Å². The highest BCUT2D eigenvalue weighted by atomic mass is 35.5. The van der Waals surface area contributed by atoms with Crippen molar-refractivity contribution in [1.29, 1.82) is 0 Å². The van der Waals surface area contributed by atoms with E-state index in [2.05, 4.69) is 44.3 Å². The Morgan fingerprint density at radius 3 is 1.88 bits per heavy atom. The summed E-state index contributed by atoms with van der Waals surface area (Å²) in [5.41, 5.74) is 2.46. The van der Waals surface area contributed by atoms with E-state index in [0.29, 0.717) is 23.6 Å². The molecule has 4 rings (SSSR count). The monoisotopic (exact) mass is 813 g/mol. The highest BCUT2D eigenvalue weighted by Gasteiger charge is 2.60. The number of halogens is 1. The molecular weight excluding hydrogens is 758 g/mol. The van der Waals surface area contributed by atoms with E-state index in [-0.39, 0.29) is 0 Å². The molecule has 1 aromatic heterocycles. The van der Waals surface area contributed by atoms with Gasteiger partial charge in [0.05, 0.1) is 13.2 Å². The molecule has 52 heavy (non-hydrogen) atoms. The molecule has 16 heteroatoms. The largest absolute Gasteiger partial charge is 0.494 e. The van der Waals surface area contributed by atoms with Gasteiger partial charge in [-0.1, -0.05) is 35.9 Å². The van der Waals surface area contributed by atoms with Crippen LogP contribution in [0.3, 0.4) is 0 Å². The number of ether oxygens (including phenoxy) is 3. The topological polar surface area (TPSA) is 132 Å². The van der Waals surface area contributed by atoms with Gasteiger partial charge in [0.25, 0.3) is 0 Å². The number of pyridine rings is 1. The Bertz CT molecular complexity index is 1630. The first-order valence-electron chi connectivity index (χ1n) is 17.3. The molecule has 1 N–H and O–H groups in total. The van der Waals surface area contributed by atoms with Gasteiger partial charge in [-0.15, -0.1) is 0 Å². The van der Waals surface area contributed by atoms with Crippen molar-refractivity contribution < 1.29 is 44.6 Å². The summed E-state index contributed by atoms with van der Waals surface area (Å²) in [6.07, 6.45) is 0.643. The van der Waals surface area contributed by atoms with Gasteiger partial charge in [-0.05, 0) is 120 Å². The molecule has 1 saturated heterocycles. The lowest BCUT2D eigenvalue weighted by Gasteiger charge is -2.55. The smallest absolute Gasteiger partial charge is 0.397 e. The first-order chi connectivity index (χ1) is 24.1. The van der Waals surface area contributed by atoms with Crippen molar-refractivity contribution in [3.8, 4) is 5.75 Å². The van der Waals surface area contributed by atoms with Crippen LogP contribution in [0.2, 0.25) is 63.9 Å². The molecular formula is C36H56ClNO10SSi3. The number of methoxy groups -OCH3 is 1. The third-order valence-electron chi connectivity index (χ3n) is 7.48. The molecule has 0 bridgehead atoms. The number of aromatic nitrogens is 1. The van der Waals surface area contributed by atoms with E-state index in [0.717, 1.165) is 16.9 Å². The van der Waals surface area contributed by atoms with E-state index >= 15 is 0 Å². The van der Waals surface area contributed by atoms with Crippen molar-refractivity contribution >= 4 is 47.0 Å². The summed E-state index contributed by atoms with van der Waals surface area (Å²) in [6, 6.07) is 19.1. The van der Waals surface area contributed by atoms with Crippen LogP contribution in [-0.4, -0.2) is 87.6 Å². The molecule has 0 saturated carbocycles. The van der Waals surface area contributed by atoms with Crippen molar-refractivity contribution in [3.05, 3.63) is 94.8 Å². The van der Waals surface area contributed by atoms with Crippen LogP contribution in [0, 0.1) is 0 Å². The Morgan fingerprint density at radius 2 is 1.42 bits per heavy atom. The standard InChI is InChI=1S/C31H51ClO10SSi3.C5H5N/c1-12-37-25-16-13-22(14-17-25)19-23-20-24(15-18-26(23)32)31(36-2)30(42-46(9,10)11)29(41-45(6,7)8)28(40-44(3,4)5)27(39-31)21-38-43(33,34)35;1-2-4-6-5-3-1/h13-18,20,27-30H,12,19,21H2,1-11H3,(H,33,34,35);1-5H/t27-,28-,29+,30-,31+;/m1./s1. The summed E-state index contributed by atoms with van der Waals surface area (Å²) in [7, 11) is -10.2. The Hall–Kier alpha value is -2.00. The SMILES string of the molecule is CCOc1ccc(Cc2cc([C@]3(OC)O[C@H](COS(=O)(=O)O)[C@@H](O[Si](C)(C)C)[C@H](O[Si](C)(C)C)[C@H]3O[Si](C)(C)C)ccc2Cl)cc1.c1ccncc1. The molecule has 11 nitrogen and oxygen atoms in total. The van der Waals surface area contributed by atoms with Gasteiger partial charge in [-0.2, -0.15) is 8.42 Å². The maximum atomic E-state index is 11.8. The van der Waals surface area contributed by atoms with Crippen LogP contribution in [0.15, 0.2) is 73.1 Å². The van der Waals surface area contributed by atoms with Crippen LogP contribution >= 0.6 is 11.6 Å². The van der Waals surface area contributed by atoms with Crippen LogP contribution in [0.5, 0.6) is 5.75 Å². The molecule has 3 aromatic rings. The van der Waals surface area contributed by atoms with E-state index < -0.39 is 72.2 Å². The molecule has 1 fully saturated rings. The lowest BCUT2D eigenvalue weighted by Crippen LogP contribution is -2.69. The number of benzene rings is 2. The normalized spacial score (nSPS) is 22.7. The minimum Gasteiger partial charge on any atom is -0.494 e. The molecule has 5 atom stereocenters. The zero-order valence-corrected chi connectivity index (χ0v) is 36.8. The fraction of sp³-hybridized carbons (Fsp3) is 0.528. The second-order valence-electron chi connectivity index (χ2n) is 15.4. The second-order valence-corrected chi connectivity index (χ2v) is 30.2. The van der Waals surface area contributed by atoms with Crippen molar-refractivity contribution in [1.82, 2.24) is 4.98 Å². The summed E-state index contributed by atoms with van der Waals surface area (Å²) in [6.45, 7) is 20.5. The number of rotatable bonds is 15. The minimum absolute atomic E-state index is 0.518. The Kier molecular flexibility index (Phi) is 15.8. The van der Waals surface area contributed by atoms with Crippen molar-refractivity contribution in [2.75, 3.05) is 20.3 Å². The first kappa shape index (κ1) is 44.4. The molecule has 1 aliphatic rings. The fourth-order valence-electron chi connectivity index (χ4n) is 5.70. The van der Waals surface area contributed by atoms with Crippen molar-refractivity contribution in [3.63, 3.8) is 0 Å². The molecule has 290 valence electrons. The van der Waals surface area contributed by atoms with Gasteiger partial charge in [-0.25, -0.2) is 4.18 Å². The summed E-state index contributed by atoms with van der Waals surface area (Å²) in [5.74, 6) is -0.803.